The summed E-state index contributed by atoms with van der Waals surface area (Å²) in [4.78, 5) is 2.99. The molecule has 0 aromatic carbocycles. The highest BCUT2D eigenvalue weighted by atomic mass is 32.1. The first-order valence-corrected chi connectivity index (χ1v) is 8.13. The van der Waals surface area contributed by atoms with Gasteiger partial charge in [0.2, 0.25) is 0 Å². The molecular formula is C15H23NO2S. The number of ether oxygens (including phenoxy) is 1. The summed E-state index contributed by atoms with van der Waals surface area (Å²) < 4.78 is 5.28. The van der Waals surface area contributed by atoms with Crippen LogP contribution >= 0.6 is 11.3 Å². The van der Waals surface area contributed by atoms with Crippen LogP contribution in [0.2, 0.25) is 0 Å². The number of thiophene rings is 1. The Labute approximate surface area is 119 Å². The van der Waals surface area contributed by atoms with E-state index in [9.17, 15) is 5.11 Å². The molecule has 1 aliphatic carbocycles. The zero-order valence-corrected chi connectivity index (χ0v) is 12.4. The summed E-state index contributed by atoms with van der Waals surface area (Å²) in [5.74, 6) is 0. The van der Waals surface area contributed by atoms with Crippen LogP contribution in [-0.2, 0) is 17.6 Å². The molecule has 1 fully saturated rings. The van der Waals surface area contributed by atoms with Crippen LogP contribution in [0.15, 0.2) is 6.07 Å². The zero-order valence-electron chi connectivity index (χ0n) is 11.6. The maximum absolute atomic E-state index is 10.3. The highest BCUT2D eigenvalue weighted by Crippen LogP contribution is 2.33. The first kappa shape index (κ1) is 13.6. The van der Waals surface area contributed by atoms with Crippen LogP contribution in [0.25, 0.3) is 0 Å². The van der Waals surface area contributed by atoms with Gasteiger partial charge in [-0.3, -0.25) is 0 Å². The molecule has 3 nitrogen and oxygen atoms in total. The topological polar surface area (TPSA) is 41.5 Å². The Bertz CT molecular complexity index is 414. The Hall–Kier alpha value is -0.420. The fraction of sp³-hybridized carbons (Fsp3) is 0.733. The van der Waals surface area contributed by atoms with Crippen LogP contribution < -0.4 is 5.32 Å². The van der Waals surface area contributed by atoms with E-state index in [-0.39, 0.29) is 0 Å². The van der Waals surface area contributed by atoms with Crippen molar-refractivity contribution >= 4 is 11.3 Å². The molecule has 2 unspecified atom stereocenters. The van der Waals surface area contributed by atoms with Crippen molar-refractivity contribution in [1.29, 1.82) is 0 Å². The SMILES string of the molecule is CC(NCC1(O)CCOC1)c1cc2c(s1)CCCC2. The standard InChI is InChI=1S/C15H23NO2S/c1-11(16-9-15(17)6-7-18-10-15)14-8-12-4-2-3-5-13(12)19-14/h8,11,16-17H,2-7,9-10H2,1H3. The van der Waals surface area contributed by atoms with E-state index < -0.39 is 5.60 Å². The summed E-state index contributed by atoms with van der Waals surface area (Å²) in [7, 11) is 0. The molecule has 0 radical (unpaired) electrons. The summed E-state index contributed by atoms with van der Waals surface area (Å²) >= 11 is 1.95. The predicted molar refractivity (Wildman–Crippen MR) is 77.8 cm³/mol. The third-order valence-electron chi connectivity index (χ3n) is 4.26. The van der Waals surface area contributed by atoms with Crippen molar-refractivity contribution in [2.45, 2.75) is 50.7 Å². The largest absolute Gasteiger partial charge is 0.386 e. The molecule has 0 saturated carbocycles. The third-order valence-corrected chi connectivity index (χ3v) is 5.68. The van der Waals surface area contributed by atoms with E-state index in [1.807, 2.05) is 11.3 Å². The van der Waals surface area contributed by atoms with Gasteiger partial charge in [0, 0.05) is 35.4 Å². The third kappa shape index (κ3) is 3.02. The number of aliphatic hydroxyl groups is 1. The lowest BCUT2D eigenvalue weighted by atomic mass is 9.99. The molecule has 0 amide bonds. The van der Waals surface area contributed by atoms with Gasteiger partial charge in [-0.2, -0.15) is 0 Å². The minimum Gasteiger partial charge on any atom is -0.386 e. The van der Waals surface area contributed by atoms with Crippen molar-refractivity contribution < 1.29 is 9.84 Å². The molecule has 1 aliphatic heterocycles. The van der Waals surface area contributed by atoms with Gasteiger partial charge in [0.05, 0.1) is 6.61 Å². The van der Waals surface area contributed by atoms with Crippen molar-refractivity contribution in [3.8, 4) is 0 Å². The molecule has 2 N–H and O–H groups in total. The molecule has 2 heterocycles. The molecule has 106 valence electrons. The molecular weight excluding hydrogens is 258 g/mol. The van der Waals surface area contributed by atoms with Crippen LogP contribution in [0.5, 0.6) is 0 Å². The van der Waals surface area contributed by atoms with Crippen LogP contribution in [0, 0.1) is 0 Å². The Morgan fingerprint density at radius 3 is 3.05 bits per heavy atom. The lowest BCUT2D eigenvalue weighted by molar-refractivity contribution is 0.0252. The van der Waals surface area contributed by atoms with Gasteiger partial charge in [0.15, 0.2) is 0 Å². The Morgan fingerprint density at radius 1 is 1.47 bits per heavy atom. The molecule has 0 spiro atoms. The number of fused-ring (bicyclic) bond motifs is 1. The van der Waals surface area contributed by atoms with E-state index in [0.29, 0.717) is 25.8 Å². The second-order valence-corrected chi connectivity index (χ2v) is 7.10. The number of hydrogen-bond acceptors (Lipinski definition) is 4. The first-order chi connectivity index (χ1) is 9.16. The van der Waals surface area contributed by atoms with Crippen LogP contribution in [0.3, 0.4) is 0 Å². The average Bonchev–Trinajstić information content (AvgIpc) is 3.02. The van der Waals surface area contributed by atoms with Gasteiger partial charge in [-0.25, -0.2) is 0 Å². The lowest BCUT2D eigenvalue weighted by Gasteiger charge is -2.23. The van der Waals surface area contributed by atoms with Gasteiger partial charge in [-0.15, -0.1) is 11.3 Å². The molecule has 1 saturated heterocycles. The van der Waals surface area contributed by atoms with Gasteiger partial charge < -0.3 is 15.2 Å². The average molecular weight is 281 g/mol. The van der Waals surface area contributed by atoms with Gasteiger partial charge in [-0.05, 0) is 44.2 Å². The summed E-state index contributed by atoms with van der Waals surface area (Å²) in [6.45, 7) is 3.96. The lowest BCUT2D eigenvalue weighted by Crippen LogP contribution is -2.41. The number of rotatable bonds is 4. The molecule has 3 rings (SSSR count). The van der Waals surface area contributed by atoms with Gasteiger partial charge in [0.25, 0.3) is 0 Å². The number of nitrogens with one attached hydrogen (secondary N) is 1. The second kappa shape index (κ2) is 5.52. The maximum Gasteiger partial charge on any atom is 0.103 e. The summed E-state index contributed by atoms with van der Waals surface area (Å²) in [6, 6.07) is 2.69. The van der Waals surface area contributed by atoms with Gasteiger partial charge >= 0.3 is 0 Å². The predicted octanol–water partition coefficient (Wildman–Crippen LogP) is 2.43. The quantitative estimate of drug-likeness (QED) is 0.890. The fourth-order valence-corrected chi connectivity index (χ4v) is 4.19. The number of aryl methyl sites for hydroxylation is 2. The van der Waals surface area contributed by atoms with E-state index in [0.717, 1.165) is 6.42 Å². The zero-order chi connectivity index (χ0) is 13.3. The maximum atomic E-state index is 10.3. The van der Waals surface area contributed by atoms with Crippen molar-refractivity contribution in [3.63, 3.8) is 0 Å². The van der Waals surface area contributed by atoms with Gasteiger partial charge in [-0.1, -0.05) is 0 Å². The molecule has 1 aromatic rings. The van der Waals surface area contributed by atoms with Crippen molar-refractivity contribution in [1.82, 2.24) is 5.32 Å². The first-order valence-electron chi connectivity index (χ1n) is 7.31. The van der Waals surface area contributed by atoms with Crippen molar-refractivity contribution in [3.05, 3.63) is 21.4 Å². The van der Waals surface area contributed by atoms with E-state index in [1.54, 1.807) is 10.4 Å². The number of hydrogen-bond donors (Lipinski definition) is 2. The van der Waals surface area contributed by atoms with Crippen LogP contribution in [0.1, 0.15) is 47.5 Å². The summed E-state index contributed by atoms with van der Waals surface area (Å²) in [5.41, 5.74) is 0.897. The van der Waals surface area contributed by atoms with E-state index in [2.05, 4.69) is 18.3 Å². The van der Waals surface area contributed by atoms with Crippen LogP contribution in [0.4, 0.5) is 0 Å². The van der Waals surface area contributed by atoms with Crippen molar-refractivity contribution in [2.24, 2.45) is 0 Å². The van der Waals surface area contributed by atoms with Gasteiger partial charge in [0.1, 0.15) is 5.60 Å². The van der Waals surface area contributed by atoms with Crippen molar-refractivity contribution in [2.75, 3.05) is 19.8 Å². The molecule has 2 aliphatic rings. The fourth-order valence-electron chi connectivity index (χ4n) is 2.91. The molecule has 4 heteroatoms. The van der Waals surface area contributed by atoms with E-state index in [4.69, 9.17) is 4.74 Å². The molecule has 19 heavy (non-hydrogen) atoms. The molecule has 2 atom stereocenters. The van der Waals surface area contributed by atoms with Crippen LogP contribution in [-0.4, -0.2) is 30.5 Å². The minimum atomic E-state index is -0.662. The Kier molecular flexibility index (Phi) is 3.94. The second-order valence-electron chi connectivity index (χ2n) is 5.93. The molecule has 0 bridgehead atoms. The smallest absolute Gasteiger partial charge is 0.103 e. The normalized spacial score (nSPS) is 28.3. The van der Waals surface area contributed by atoms with E-state index >= 15 is 0 Å². The summed E-state index contributed by atoms with van der Waals surface area (Å²) in [5, 5.41) is 13.7. The highest BCUT2D eigenvalue weighted by Gasteiger charge is 2.32. The van der Waals surface area contributed by atoms with E-state index in [1.165, 1.54) is 30.6 Å². The highest BCUT2D eigenvalue weighted by molar-refractivity contribution is 7.12. The Morgan fingerprint density at radius 2 is 2.32 bits per heavy atom. The minimum absolute atomic E-state index is 0.320. The monoisotopic (exact) mass is 281 g/mol. The molecule has 1 aromatic heterocycles. The Balaban J connectivity index is 1.60. The summed E-state index contributed by atoms with van der Waals surface area (Å²) in [6.07, 6.45) is 5.92.